The van der Waals surface area contributed by atoms with Gasteiger partial charge < -0.3 is 24.8 Å². The molecule has 2 aromatic heterocycles. The molecule has 2 atom stereocenters. The summed E-state index contributed by atoms with van der Waals surface area (Å²) in [5, 5.41) is 15.9. The first-order chi connectivity index (χ1) is 19.9. The van der Waals surface area contributed by atoms with Crippen LogP contribution in [0.3, 0.4) is 0 Å². The molecule has 210 valence electrons. The predicted molar refractivity (Wildman–Crippen MR) is 153 cm³/mol. The maximum atomic E-state index is 16.9. The summed E-state index contributed by atoms with van der Waals surface area (Å²) in [5.41, 5.74) is 0.739. The van der Waals surface area contributed by atoms with Crippen LogP contribution in [0, 0.1) is 30.9 Å². The Labute approximate surface area is 236 Å². The van der Waals surface area contributed by atoms with E-state index in [1.54, 1.807) is 13.1 Å². The number of anilines is 1. The van der Waals surface area contributed by atoms with E-state index in [-0.39, 0.29) is 28.7 Å². The Morgan fingerprint density at radius 2 is 1.85 bits per heavy atom. The van der Waals surface area contributed by atoms with Crippen LogP contribution in [-0.2, 0) is 4.74 Å². The monoisotopic (exact) mass is 556 g/mol. The Hall–Kier alpha value is -4.00. The van der Waals surface area contributed by atoms with Crippen LogP contribution >= 0.6 is 0 Å². The van der Waals surface area contributed by atoms with Crippen LogP contribution in [0.1, 0.15) is 36.8 Å². The molecule has 0 amide bonds. The molecule has 7 rings (SSSR count). The van der Waals surface area contributed by atoms with Gasteiger partial charge in [0.25, 0.3) is 0 Å². The summed E-state index contributed by atoms with van der Waals surface area (Å²) in [7, 11) is 0. The Bertz CT molecular complexity index is 1720. The van der Waals surface area contributed by atoms with Crippen molar-refractivity contribution in [1.29, 1.82) is 0 Å². The number of fused-ring (bicyclic) bond motifs is 4. The van der Waals surface area contributed by atoms with Gasteiger partial charge in [0.15, 0.2) is 5.82 Å². The second-order valence-electron chi connectivity index (χ2n) is 11.2. The van der Waals surface area contributed by atoms with E-state index >= 15 is 4.39 Å². The van der Waals surface area contributed by atoms with E-state index in [1.165, 1.54) is 24.3 Å². The molecule has 7 nitrogen and oxygen atoms in total. The molecule has 3 saturated heterocycles. The standard InChI is InChI=1S/C32H30F2N4O3/c1-3-23-26(33)7-4-18-12-21(39)13-24(28(18)23)30-29(34)27-17(2)32(41-22-8-10-40-11-9-22)37-31(25(27)14-35-30)38-15-19-5-6-20(16-38)36-19/h1,4,7,12-14,19-20,22,36,39H,5-6,8-11,15-16H2,2H3. The second kappa shape index (κ2) is 10.1. The van der Waals surface area contributed by atoms with Crippen LogP contribution in [0.15, 0.2) is 30.5 Å². The third-order valence-electron chi connectivity index (χ3n) is 8.58. The Morgan fingerprint density at radius 3 is 2.59 bits per heavy atom. The Morgan fingerprint density at radius 1 is 1.10 bits per heavy atom. The van der Waals surface area contributed by atoms with Crippen LogP contribution < -0.4 is 15.0 Å². The number of aromatic nitrogens is 2. The van der Waals surface area contributed by atoms with Crippen LogP contribution in [-0.4, -0.2) is 59.6 Å². The number of phenolic OH excluding ortho intramolecular Hbond substituents is 1. The van der Waals surface area contributed by atoms with E-state index in [0.29, 0.717) is 64.1 Å². The topological polar surface area (TPSA) is 79.7 Å². The van der Waals surface area contributed by atoms with E-state index in [4.69, 9.17) is 20.9 Å². The quantitative estimate of drug-likeness (QED) is 0.334. The van der Waals surface area contributed by atoms with Gasteiger partial charge in [0.05, 0.1) is 18.8 Å². The van der Waals surface area contributed by atoms with Crippen molar-refractivity contribution < 1.29 is 23.4 Å². The fraction of sp³-hybridized carbons (Fsp3) is 0.375. The largest absolute Gasteiger partial charge is 0.508 e. The van der Waals surface area contributed by atoms with Gasteiger partial charge in [0.2, 0.25) is 5.88 Å². The maximum Gasteiger partial charge on any atom is 0.219 e. The van der Waals surface area contributed by atoms with Crippen molar-refractivity contribution in [2.45, 2.75) is 50.8 Å². The molecule has 2 unspecified atom stereocenters. The SMILES string of the molecule is C#Cc1c(F)ccc2cc(O)cc(-c3ncc4c(N5CC6CCC(C5)N6)nc(OC5CCOCC5)c(C)c4c3F)c12. The predicted octanol–water partition coefficient (Wildman–Crippen LogP) is 5.22. The highest BCUT2D eigenvalue weighted by Crippen LogP contribution is 2.42. The Balaban J connectivity index is 1.46. The number of nitrogens with zero attached hydrogens (tertiary/aromatic N) is 3. The van der Waals surface area contributed by atoms with Crippen molar-refractivity contribution >= 4 is 27.4 Å². The van der Waals surface area contributed by atoms with Crippen molar-refractivity contribution in [3.05, 3.63) is 53.2 Å². The second-order valence-corrected chi connectivity index (χ2v) is 11.2. The third kappa shape index (κ3) is 4.42. The number of hydrogen-bond donors (Lipinski definition) is 2. The van der Waals surface area contributed by atoms with Gasteiger partial charge in [0.1, 0.15) is 29.2 Å². The summed E-state index contributed by atoms with van der Waals surface area (Å²) >= 11 is 0. The molecule has 0 aliphatic carbocycles. The van der Waals surface area contributed by atoms with Gasteiger partial charge in [-0.05, 0) is 43.4 Å². The number of hydrogen-bond acceptors (Lipinski definition) is 7. The molecule has 2 aromatic carbocycles. The van der Waals surface area contributed by atoms with Crippen molar-refractivity contribution in [2.75, 3.05) is 31.2 Å². The summed E-state index contributed by atoms with van der Waals surface area (Å²) in [4.78, 5) is 11.7. The van der Waals surface area contributed by atoms with Gasteiger partial charge in [-0.3, -0.25) is 4.98 Å². The van der Waals surface area contributed by atoms with Gasteiger partial charge >= 0.3 is 0 Å². The number of ether oxygens (including phenoxy) is 2. The minimum absolute atomic E-state index is 0.00855. The molecular weight excluding hydrogens is 526 g/mol. The highest BCUT2D eigenvalue weighted by Gasteiger charge is 2.35. The van der Waals surface area contributed by atoms with Crippen LogP contribution in [0.4, 0.5) is 14.6 Å². The molecule has 3 aliphatic rings. The number of benzene rings is 2. The number of pyridine rings is 2. The fourth-order valence-electron chi connectivity index (χ4n) is 6.59. The first-order valence-electron chi connectivity index (χ1n) is 14.1. The van der Waals surface area contributed by atoms with E-state index in [9.17, 15) is 9.50 Å². The van der Waals surface area contributed by atoms with Crippen LogP contribution in [0.5, 0.6) is 11.6 Å². The molecule has 41 heavy (non-hydrogen) atoms. The van der Waals surface area contributed by atoms with Gasteiger partial charge in [-0.2, -0.15) is 4.98 Å². The molecule has 0 radical (unpaired) electrons. The highest BCUT2D eigenvalue weighted by atomic mass is 19.1. The van der Waals surface area contributed by atoms with Gasteiger partial charge in [-0.15, -0.1) is 6.42 Å². The van der Waals surface area contributed by atoms with Crippen LogP contribution in [0.2, 0.25) is 0 Å². The molecular formula is C32H30F2N4O3. The average Bonchev–Trinajstić information content (AvgIpc) is 3.31. The first kappa shape index (κ1) is 25.9. The Kier molecular flexibility index (Phi) is 6.40. The van der Waals surface area contributed by atoms with E-state index in [1.807, 2.05) is 0 Å². The molecule has 0 saturated carbocycles. The minimum atomic E-state index is -0.601. The average molecular weight is 557 g/mol. The van der Waals surface area contributed by atoms with Gasteiger partial charge in [-0.25, -0.2) is 8.78 Å². The fourth-order valence-corrected chi connectivity index (χ4v) is 6.59. The molecule has 0 spiro atoms. The number of rotatable bonds is 4. The smallest absolute Gasteiger partial charge is 0.219 e. The van der Waals surface area contributed by atoms with E-state index in [2.05, 4.69) is 21.1 Å². The third-order valence-corrected chi connectivity index (χ3v) is 8.58. The summed E-state index contributed by atoms with van der Waals surface area (Å²) in [6, 6.07) is 6.31. The van der Waals surface area contributed by atoms with Crippen molar-refractivity contribution in [3.8, 4) is 35.2 Å². The van der Waals surface area contributed by atoms with Gasteiger partial charge in [-0.1, -0.05) is 12.0 Å². The molecule has 3 aliphatic heterocycles. The van der Waals surface area contributed by atoms with Crippen LogP contribution in [0.25, 0.3) is 32.8 Å². The van der Waals surface area contributed by atoms with Crippen molar-refractivity contribution in [1.82, 2.24) is 15.3 Å². The highest BCUT2D eigenvalue weighted by molar-refractivity contribution is 6.04. The summed E-state index contributed by atoms with van der Waals surface area (Å²) < 4.78 is 43.5. The zero-order chi connectivity index (χ0) is 28.2. The summed E-state index contributed by atoms with van der Waals surface area (Å²) in [5.74, 6) is 2.12. The lowest BCUT2D eigenvalue weighted by molar-refractivity contribution is 0.0235. The van der Waals surface area contributed by atoms with E-state index in [0.717, 1.165) is 38.8 Å². The zero-order valence-electron chi connectivity index (χ0n) is 22.7. The lowest BCUT2D eigenvalue weighted by Crippen LogP contribution is -2.51. The number of phenols is 1. The zero-order valence-corrected chi connectivity index (χ0v) is 22.7. The maximum absolute atomic E-state index is 16.9. The number of aromatic hydroxyl groups is 1. The molecule has 3 fully saturated rings. The number of nitrogens with one attached hydrogen (secondary N) is 1. The molecule has 9 heteroatoms. The van der Waals surface area contributed by atoms with Crippen molar-refractivity contribution in [2.24, 2.45) is 0 Å². The lowest BCUT2D eigenvalue weighted by atomic mass is 9.95. The number of halogens is 2. The molecule has 4 aromatic rings. The molecule has 5 heterocycles. The molecule has 2 N–H and O–H groups in total. The number of piperazine rings is 1. The first-order valence-corrected chi connectivity index (χ1v) is 14.1. The lowest BCUT2D eigenvalue weighted by Gasteiger charge is -2.35. The van der Waals surface area contributed by atoms with Gasteiger partial charge in [0, 0.05) is 71.5 Å². The number of terminal acetylenes is 1. The number of aryl methyl sites for hydroxylation is 1. The van der Waals surface area contributed by atoms with Crippen molar-refractivity contribution in [3.63, 3.8) is 0 Å². The molecule has 2 bridgehead atoms. The van der Waals surface area contributed by atoms with E-state index < -0.39 is 11.6 Å². The minimum Gasteiger partial charge on any atom is -0.508 e. The normalized spacial score (nSPS) is 21.0. The summed E-state index contributed by atoms with van der Waals surface area (Å²) in [6.45, 7) is 4.52. The summed E-state index contributed by atoms with van der Waals surface area (Å²) in [6.07, 6.45) is 10.9.